The van der Waals surface area contributed by atoms with Crippen LogP contribution in [-0.4, -0.2) is 28.9 Å². The molecule has 1 aromatic heterocycles. The van der Waals surface area contributed by atoms with Gasteiger partial charge in [-0.3, -0.25) is 14.5 Å². The Hall–Kier alpha value is -4.04. The number of aryl methyl sites for hydroxylation is 1. The summed E-state index contributed by atoms with van der Waals surface area (Å²) in [6, 6.07) is 16.9. The molecule has 0 spiro atoms. The van der Waals surface area contributed by atoms with Gasteiger partial charge in [0.1, 0.15) is 23.4 Å². The molecule has 6 nitrogen and oxygen atoms in total. The normalized spacial score (nSPS) is 17.3. The number of thiazole rings is 1. The molecule has 0 aliphatic carbocycles. The summed E-state index contributed by atoms with van der Waals surface area (Å²) in [4.78, 5) is 32.3. The monoisotopic (exact) mass is 488 g/mol. The number of carbonyl (C=O) groups excluding carboxylic acids is 2. The second-order valence-electron chi connectivity index (χ2n) is 8.07. The highest BCUT2D eigenvalue weighted by molar-refractivity contribution is 7.22. The van der Waals surface area contributed by atoms with E-state index in [9.17, 15) is 14.7 Å². The highest BCUT2D eigenvalue weighted by Crippen LogP contribution is 2.45. The summed E-state index contributed by atoms with van der Waals surface area (Å²) < 4.78 is 21.0. The van der Waals surface area contributed by atoms with Crippen LogP contribution < -0.4 is 9.64 Å². The van der Waals surface area contributed by atoms with Crippen LogP contribution in [0.15, 0.2) is 72.3 Å². The first kappa shape index (κ1) is 22.7. The highest BCUT2D eigenvalue weighted by atomic mass is 32.1. The topological polar surface area (TPSA) is 79.7 Å². The van der Waals surface area contributed by atoms with Crippen molar-refractivity contribution in [2.45, 2.75) is 19.4 Å². The third-order valence-electron chi connectivity index (χ3n) is 6.06. The van der Waals surface area contributed by atoms with Gasteiger partial charge in [0.2, 0.25) is 0 Å². The maximum atomic E-state index is 15.0. The summed E-state index contributed by atoms with van der Waals surface area (Å²) in [7, 11) is 1.51. The zero-order valence-corrected chi connectivity index (χ0v) is 19.8. The van der Waals surface area contributed by atoms with Gasteiger partial charge in [-0.2, -0.15) is 0 Å². The summed E-state index contributed by atoms with van der Waals surface area (Å²) in [5.41, 5.74) is 1.99. The van der Waals surface area contributed by atoms with Crippen LogP contribution in [0.1, 0.15) is 29.7 Å². The second-order valence-corrected chi connectivity index (χ2v) is 9.08. The van der Waals surface area contributed by atoms with Gasteiger partial charge in [0.15, 0.2) is 5.13 Å². The number of aliphatic hydroxyl groups is 1. The van der Waals surface area contributed by atoms with Gasteiger partial charge in [-0.05, 0) is 54.4 Å². The fourth-order valence-electron chi connectivity index (χ4n) is 4.21. The van der Waals surface area contributed by atoms with Crippen LogP contribution in [0.5, 0.6) is 5.75 Å². The number of amides is 1. The number of ketones is 1. The quantitative estimate of drug-likeness (QED) is 0.224. The lowest BCUT2D eigenvalue weighted by Gasteiger charge is -2.23. The number of anilines is 1. The largest absolute Gasteiger partial charge is 0.507 e. The van der Waals surface area contributed by atoms with Crippen molar-refractivity contribution in [2.75, 3.05) is 12.0 Å². The summed E-state index contributed by atoms with van der Waals surface area (Å²) in [6.45, 7) is 2.04. The zero-order chi connectivity index (χ0) is 24.7. The first-order chi connectivity index (χ1) is 16.9. The Morgan fingerprint density at radius 1 is 1.11 bits per heavy atom. The van der Waals surface area contributed by atoms with Gasteiger partial charge in [0, 0.05) is 11.1 Å². The molecule has 1 aliphatic rings. The van der Waals surface area contributed by atoms with Crippen molar-refractivity contribution in [3.63, 3.8) is 0 Å². The van der Waals surface area contributed by atoms with Crippen molar-refractivity contribution < 1.29 is 23.8 Å². The number of ether oxygens (including phenoxy) is 1. The number of Topliss-reactive ketones (excluding diaryl/α,β-unsaturated/α-hetero) is 1. The average molecular weight is 489 g/mol. The van der Waals surface area contributed by atoms with E-state index in [4.69, 9.17) is 4.74 Å². The van der Waals surface area contributed by atoms with Crippen LogP contribution in [-0.2, 0) is 16.0 Å². The highest BCUT2D eigenvalue weighted by Gasteiger charge is 2.49. The molecular formula is C27H21FN2O4S. The number of rotatable bonds is 5. The summed E-state index contributed by atoms with van der Waals surface area (Å²) in [6.07, 6.45) is 0.838. The smallest absolute Gasteiger partial charge is 0.301 e. The van der Waals surface area contributed by atoms with E-state index in [1.807, 2.05) is 25.1 Å². The minimum atomic E-state index is -1.18. The molecule has 0 bridgehead atoms. The zero-order valence-electron chi connectivity index (χ0n) is 19.0. The Bertz CT molecular complexity index is 1490. The van der Waals surface area contributed by atoms with Crippen molar-refractivity contribution >= 4 is 44.1 Å². The number of hydrogen-bond donors (Lipinski definition) is 1. The van der Waals surface area contributed by atoms with E-state index < -0.39 is 29.3 Å². The van der Waals surface area contributed by atoms with E-state index in [2.05, 4.69) is 4.98 Å². The van der Waals surface area contributed by atoms with Crippen LogP contribution in [0, 0.1) is 5.82 Å². The fourth-order valence-corrected chi connectivity index (χ4v) is 5.26. The second kappa shape index (κ2) is 8.96. The summed E-state index contributed by atoms with van der Waals surface area (Å²) in [5.74, 6) is -2.20. The Labute approximate surface area is 204 Å². The molecule has 3 aromatic carbocycles. The molecule has 8 heteroatoms. The SMILES string of the molecule is CCc1ccc2nc(N3C(=O)C(=O)C(=C(O)c4ccc(OC)cc4)[C@@H]3c3ccccc3F)sc2c1. The van der Waals surface area contributed by atoms with Crippen molar-refractivity contribution in [3.05, 3.63) is 94.8 Å². The molecular weight excluding hydrogens is 467 g/mol. The molecule has 176 valence electrons. The molecule has 1 amide bonds. The predicted molar refractivity (Wildman–Crippen MR) is 133 cm³/mol. The molecule has 1 N–H and O–H groups in total. The number of aliphatic hydroxyl groups excluding tert-OH is 1. The lowest BCUT2D eigenvalue weighted by atomic mass is 9.95. The number of nitrogens with zero attached hydrogens (tertiary/aromatic N) is 2. The molecule has 0 saturated carbocycles. The van der Waals surface area contributed by atoms with E-state index in [1.165, 1.54) is 41.5 Å². The molecule has 4 aromatic rings. The van der Waals surface area contributed by atoms with Gasteiger partial charge in [0.05, 0.1) is 22.9 Å². The molecule has 2 heterocycles. The van der Waals surface area contributed by atoms with E-state index in [0.29, 0.717) is 16.8 Å². The molecule has 0 unspecified atom stereocenters. The van der Waals surface area contributed by atoms with Crippen molar-refractivity contribution in [2.24, 2.45) is 0 Å². The minimum Gasteiger partial charge on any atom is -0.507 e. The molecule has 1 aliphatic heterocycles. The lowest BCUT2D eigenvalue weighted by molar-refractivity contribution is -0.132. The standard InChI is InChI=1S/C27H21FN2O4S/c1-3-15-8-13-20-21(14-15)35-27(29-20)30-23(18-6-4-5-7-19(18)28)22(25(32)26(30)33)24(31)16-9-11-17(34-2)12-10-16/h4-14,23,31H,3H2,1-2H3/t23-/m0/s1. The number of benzene rings is 3. The fraction of sp³-hybridized carbons (Fsp3) is 0.148. The predicted octanol–water partition coefficient (Wildman–Crippen LogP) is 5.63. The molecule has 35 heavy (non-hydrogen) atoms. The van der Waals surface area contributed by atoms with E-state index in [1.54, 1.807) is 30.3 Å². The Morgan fingerprint density at radius 2 is 1.86 bits per heavy atom. The average Bonchev–Trinajstić information content (AvgIpc) is 3.41. The van der Waals surface area contributed by atoms with Gasteiger partial charge in [0.25, 0.3) is 5.78 Å². The van der Waals surface area contributed by atoms with Gasteiger partial charge < -0.3 is 9.84 Å². The van der Waals surface area contributed by atoms with Crippen LogP contribution in [0.25, 0.3) is 16.0 Å². The molecule has 1 atom stereocenters. The van der Waals surface area contributed by atoms with Crippen molar-refractivity contribution in [1.29, 1.82) is 0 Å². The maximum Gasteiger partial charge on any atom is 0.301 e. The Kier molecular flexibility index (Phi) is 5.82. The first-order valence-electron chi connectivity index (χ1n) is 11.0. The minimum absolute atomic E-state index is 0.0928. The van der Waals surface area contributed by atoms with Crippen molar-refractivity contribution in [1.82, 2.24) is 4.98 Å². The van der Waals surface area contributed by atoms with Crippen LogP contribution in [0.3, 0.4) is 0 Å². The third-order valence-corrected chi connectivity index (χ3v) is 7.08. The van der Waals surface area contributed by atoms with Crippen molar-refractivity contribution in [3.8, 4) is 5.75 Å². The summed E-state index contributed by atoms with van der Waals surface area (Å²) >= 11 is 1.25. The molecule has 0 radical (unpaired) electrons. The van der Waals surface area contributed by atoms with Crippen LogP contribution in [0.4, 0.5) is 9.52 Å². The number of methoxy groups -OCH3 is 1. The number of aromatic nitrogens is 1. The van der Waals surface area contributed by atoms with Gasteiger partial charge in [-0.15, -0.1) is 0 Å². The lowest BCUT2D eigenvalue weighted by Crippen LogP contribution is -2.29. The number of hydrogen-bond acceptors (Lipinski definition) is 6. The van der Waals surface area contributed by atoms with Gasteiger partial charge in [-0.25, -0.2) is 9.37 Å². The Balaban J connectivity index is 1.72. The molecule has 5 rings (SSSR count). The summed E-state index contributed by atoms with van der Waals surface area (Å²) in [5, 5.41) is 11.4. The molecule has 1 saturated heterocycles. The van der Waals surface area contributed by atoms with Gasteiger partial charge in [-0.1, -0.05) is 42.5 Å². The maximum absolute atomic E-state index is 15.0. The third kappa shape index (κ3) is 3.85. The van der Waals surface area contributed by atoms with Gasteiger partial charge >= 0.3 is 5.91 Å². The number of halogens is 1. The van der Waals surface area contributed by atoms with Crippen LogP contribution >= 0.6 is 11.3 Å². The first-order valence-corrected chi connectivity index (χ1v) is 11.8. The van der Waals surface area contributed by atoms with E-state index in [-0.39, 0.29) is 16.3 Å². The van der Waals surface area contributed by atoms with E-state index in [0.717, 1.165) is 16.7 Å². The van der Waals surface area contributed by atoms with Crippen LogP contribution in [0.2, 0.25) is 0 Å². The van der Waals surface area contributed by atoms with E-state index >= 15 is 4.39 Å². The number of fused-ring (bicyclic) bond motifs is 1. The Morgan fingerprint density at radius 3 is 2.54 bits per heavy atom. The molecule has 1 fully saturated rings. The number of carbonyl (C=O) groups is 2.